The van der Waals surface area contributed by atoms with Crippen LogP contribution in [-0.2, 0) is 13.2 Å². The summed E-state index contributed by atoms with van der Waals surface area (Å²) < 4.78 is 26.0. The highest BCUT2D eigenvalue weighted by molar-refractivity contribution is 6.40. The number of aromatic nitrogens is 2. The summed E-state index contributed by atoms with van der Waals surface area (Å²) in [6.07, 6.45) is 1.53. The predicted molar refractivity (Wildman–Crippen MR) is 125 cm³/mol. The van der Waals surface area contributed by atoms with Crippen molar-refractivity contribution in [3.8, 4) is 5.75 Å². The Hall–Kier alpha value is -2.71. The molecule has 0 saturated carbocycles. The van der Waals surface area contributed by atoms with E-state index in [1.54, 1.807) is 18.2 Å². The molecule has 0 unspecified atom stereocenters. The molecule has 0 spiro atoms. The van der Waals surface area contributed by atoms with Crippen molar-refractivity contribution in [1.29, 1.82) is 0 Å². The van der Waals surface area contributed by atoms with E-state index in [-0.39, 0.29) is 51.4 Å². The van der Waals surface area contributed by atoms with E-state index in [1.165, 1.54) is 41.2 Å². The lowest BCUT2D eigenvalue weighted by atomic mass is 10.2. The van der Waals surface area contributed by atoms with Crippen LogP contribution in [0.3, 0.4) is 0 Å². The molecule has 0 aliphatic heterocycles. The van der Waals surface area contributed by atoms with Crippen LogP contribution in [0, 0.1) is 5.82 Å². The fourth-order valence-electron chi connectivity index (χ4n) is 2.94. The number of rotatable bonds is 7. The Labute approximate surface area is 207 Å². The topological polar surface area (TPSA) is 69.3 Å². The zero-order valence-corrected chi connectivity index (χ0v) is 19.6. The number of furan rings is 1. The fourth-order valence-corrected chi connectivity index (χ4v) is 4.07. The lowest BCUT2D eigenvalue weighted by molar-refractivity contribution is 0.0992. The smallest absolute Gasteiger partial charge is 0.292 e. The van der Waals surface area contributed by atoms with Crippen LogP contribution < -0.4 is 10.1 Å². The maximum absolute atomic E-state index is 13.4. The van der Waals surface area contributed by atoms with Crippen LogP contribution in [0.25, 0.3) is 0 Å². The Kier molecular flexibility index (Phi) is 7.14. The number of halogens is 5. The second-order valence-corrected chi connectivity index (χ2v) is 8.52. The molecular formula is C22H14Cl4FN3O3. The molecule has 2 aromatic carbocycles. The number of nitrogens with one attached hydrogen (secondary N) is 1. The van der Waals surface area contributed by atoms with Gasteiger partial charge in [0.25, 0.3) is 5.91 Å². The quantitative estimate of drug-likeness (QED) is 0.277. The zero-order chi connectivity index (χ0) is 23.5. The van der Waals surface area contributed by atoms with Crippen molar-refractivity contribution < 1.29 is 18.3 Å². The summed E-state index contributed by atoms with van der Waals surface area (Å²) in [5.41, 5.74) is 0.698. The van der Waals surface area contributed by atoms with Crippen molar-refractivity contribution in [3.63, 3.8) is 0 Å². The largest absolute Gasteiger partial charge is 0.483 e. The number of nitrogens with zero attached hydrogens (tertiary/aromatic N) is 2. The van der Waals surface area contributed by atoms with Gasteiger partial charge in [-0.2, -0.15) is 5.10 Å². The minimum atomic E-state index is -0.554. The molecule has 2 aromatic heterocycles. The standard InChI is InChI=1S/C22H14Cl4FN3O3/c23-13-7-16(24)20(17(25)8-13)32-11-15-4-5-19(33-15)22(31)28-21-18(26)10-30(29-21)9-12-2-1-3-14(27)6-12/h1-8,10H,9,11H2,(H,28,29,31). The van der Waals surface area contributed by atoms with E-state index in [4.69, 9.17) is 55.6 Å². The molecule has 0 radical (unpaired) electrons. The number of anilines is 1. The van der Waals surface area contributed by atoms with Gasteiger partial charge in [0, 0.05) is 11.2 Å². The van der Waals surface area contributed by atoms with Crippen molar-refractivity contribution in [3.05, 3.63) is 97.7 Å². The molecule has 4 aromatic rings. The lowest BCUT2D eigenvalue weighted by Gasteiger charge is -2.09. The van der Waals surface area contributed by atoms with Crippen LogP contribution in [0.4, 0.5) is 10.2 Å². The summed E-state index contributed by atoms with van der Waals surface area (Å²) in [4.78, 5) is 12.6. The van der Waals surface area contributed by atoms with Crippen molar-refractivity contribution in [2.75, 3.05) is 5.32 Å². The van der Waals surface area contributed by atoms with Gasteiger partial charge in [0.1, 0.15) is 23.2 Å². The third-order valence-corrected chi connectivity index (χ3v) is 5.45. The third kappa shape index (κ3) is 5.81. The molecule has 0 bridgehead atoms. The molecular weight excluding hydrogens is 515 g/mol. The molecule has 6 nitrogen and oxygen atoms in total. The molecule has 1 amide bonds. The Morgan fingerprint density at radius 1 is 1.06 bits per heavy atom. The van der Waals surface area contributed by atoms with Gasteiger partial charge in [-0.15, -0.1) is 0 Å². The molecule has 0 saturated heterocycles. The van der Waals surface area contributed by atoms with Crippen molar-refractivity contribution in [2.45, 2.75) is 13.2 Å². The molecule has 170 valence electrons. The minimum absolute atomic E-state index is 0.0165. The van der Waals surface area contributed by atoms with E-state index in [2.05, 4.69) is 10.4 Å². The highest BCUT2D eigenvalue weighted by Crippen LogP contribution is 2.36. The second-order valence-electron chi connectivity index (χ2n) is 6.86. The molecule has 2 heterocycles. The molecule has 0 fully saturated rings. The Morgan fingerprint density at radius 2 is 1.82 bits per heavy atom. The van der Waals surface area contributed by atoms with Gasteiger partial charge in [-0.05, 0) is 42.0 Å². The monoisotopic (exact) mass is 527 g/mol. The van der Waals surface area contributed by atoms with Crippen LogP contribution >= 0.6 is 46.4 Å². The van der Waals surface area contributed by atoms with Crippen molar-refractivity contribution in [1.82, 2.24) is 9.78 Å². The van der Waals surface area contributed by atoms with E-state index in [0.29, 0.717) is 16.3 Å². The highest BCUT2D eigenvalue weighted by Gasteiger charge is 2.17. The second kappa shape index (κ2) is 10.1. The van der Waals surface area contributed by atoms with Gasteiger partial charge < -0.3 is 14.5 Å². The minimum Gasteiger partial charge on any atom is -0.483 e. The lowest BCUT2D eigenvalue weighted by Crippen LogP contribution is -2.12. The first-order valence-corrected chi connectivity index (χ1v) is 10.9. The first kappa shape index (κ1) is 23.4. The molecule has 11 heteroatoms. The number of carbonyl (C=O) groups is 1. The number of carbonyl (C=O) groups excluding carboxylic acids is 1. The summed E-state index contributed by atoms with van der Waals surface area (Å²) in [7, 11) is 0. The van der Waals surface area contributed by atoms with Crippen molar-refractivity contribution in [2.24, 2.45) is 0 Å². The number of ether oxygens (including phenoxy) is 1. The van der Waals surface area contributed by atoms with Gasteiger partial charge in [0.2, 0.25) is 0 Å². The molecule has 33 heavy (non-hydrogen) atoms. The third-order valence-electron chi connectivity index (χ3n) is 4.39. The average molecular weight is 529 g/mol. The van der Waals surface area contributed by atoms with Crippen LogP contribution in [0.15, 0.2) is 59.1 Å². The summed E-state index contributed by atoms with van der Waals surface area (Å²) >= 11 is 24.3. The SMILES string of the molecule is O=C(Nc1nn(Cc2cccc(F)c2)cc1Cl)c1ccc(COc2c(Cl)cc(Cl)cc2Cl)o1. The van der Waals surface area contributed by atoms with Crippen LogP contribution in [0.2, 0.25) is 20.1 Å². The van der Waals surface area contributed by atoms with Crippen LogP contribution in [0.1, 0.15) is 21.9 Å². The van der Waals surface area contributed by atoms with E-state index >= 15 is 0 Å². The van der Waals surface area contributed by atoms with E-state index < -0.39 is 5.91 Å². The van der Waals surface area contributed by atoms with E-state index in [1.807, 2.05) is 0 Å². The van der Waals surface area contributed by atoms with Gasteiger partial charge in [-0.25, -0.2) is 4.39 Å². The first-order valence-electron chi connectivity index (χ1n) is 9.43. The zero-order valence-electron chi connectivity index (χ0n) is 16.6. The summed E-state index contributed by atoms with van der Waals surface area (Å²) in [5, 5.41) is 7.93. The number of hydrogen-bond acceptors (Lipinski definition) is 4. The maximum Gasteiger partial charge on any atom is 0.292 e. The molecule has 0 atom stereocenters. The van der Waals surface area contributed by atoms with Gasteiger partial charge in [0.05, 0.1) is 16.6 Å². The normalized spacial score (nSPS) is 10.9. The first-order chi connectivity index (χ1) is 15.8. The van der Waals surface area contributed by atoms with E-state index in [9.17, 15) is 9.18 Å². The Balaban J connectivity index is 1.39. The van der Waals surface area contributed by atoms with Crippen molar-refractivity contribution >= 4 is 58.1 Å². The summed E-state index contributed by atoms with van der Waals surface area (Å²) in [6.45, 7) is 0.267. The van der Waals surface area contributed by atoms with Crippen LogP contribution in [-0.4, -0.2) is 15.7 Å². The predicted octanol–water partition coefficient (Wildman–Crippen LogP) is 7.11. The average Bonchev–Trinajstić information content (AvgIpc) is 3.34. The fraction of sp³-hybridized carbons (Fsp3) is 0.0909. The van der Waals surface area contributed by atoms with E-state index in [0.717, 1.165) is 0 Å². The molecule has 4 rings (SSSR count). The van der Waals surface area contributed by atoms with Gasteiger partial charge >= 0.3 is 0 Å². The number of amides is 1. The van der Waals surface area contributed by atoms with Gasteiger partial charge in [0.15, 0.2) is 17.3 Å². The number of hydrogen-bond donors (Lipinski definition) is 1. The summed E-state index contributed by atoms with van der Waals surface area (Å²) in [5.74, 6) is -0.116. The molecule has 1 N–H and O–H groups in total. The number of benzene rings is 2. The van der Waals surface area contributed by atoms with Crippen LogP contribution in [0.5, 0.6) is 5.75 Å². The van der Waals surface area contributed by atoms with Gasteiger partial charge in [-0.1, -0.05) is 58.5 Å². The van der Waals surface area contributed by atoms with Gasteiger partial charge in [-0.3, -0.25) is 9.48 Å². The maximum atomic E-state index is 13.4. The molecule has 0 aliphatic rings. The Bertz CT molecular complexity index is 1300. The highest BCUT2D eigenvalue weighted by atomic mass is 35.5. The Morgan fingerprint density at radius 3 is 2.55 bits per heavy atom. The molecule has 0 aliphatic carbocycles. The summed E-state index contributed by atoms with van der Waals surface area (Å²) in [6, 6.07) is 12.2.